The maximum absolute atomic E-state index is 6.78. The molecule has 0 fully saturated rings. The Balaban J connectivity index is 0.865. The highest BCUT2D eigenvalue weighted by atomic mass is 32.3. The summed E-state index contributed by atoms with van der Waals surface area (Å²) in [7, 11) is 0. The minimum atomic E-state index is 0.909. The molecule has 25 heteroatoms. The largest absolute Gasteiger partial charge is 0.457 e. The van der Waals surface area contributed by atoms with Crippen molar-refractivity contribution >= 4 is 294 Å². The van der Waals surface area contributed by atoms with Gasteiger partial charge in [0, 0.05) is 11.6 Å². The molecule has 0 amide bonds. The second-order valence-electron chi connectivity index (χ2n) is 11.1. The summed E-state index contributed by atoms with van der Waals surface area (Å²) < 4.78 is 36.3. The zero-order chi connectivity index (χ0) is 40.4. The summed E-state index contributed by atoms with van der Waals surface area (Å²) in [5.74, 6) is 1.85. The highest BCUT2D eigenvalue weighted by Gasteiger charge is 2.39. The van der Waals surface area contributed by atoms with Crippen LogP contribution in [0.4, 0.5) is 0 Å². The summed E-state index contributed by atoms with van der Waals surface area (Å²) in [6, 6.07) is 4.34. The molecule has 0 radical (unpaired) electrons. The van der Waals surface area contributed by atoms with Crippen LogP contribution in [0.3, 0.4) is 0 Å². The molecule has 0 N–H and O–H groups in total. The molecule has 0 unspecified atom stereocenters. The van der Waals surface area contributed by atoms with E-state index >= 15 is 0 Å². The zero-order valence-corrected chi connectivity index (χ0v) is 50.1. The molecule has 59 heavy (non-hydrogen) atoms. The summed E-state index contributed by atoms with van der Waals surface area (Å²) in [6.45, 7) is 0. The summed E-state index contributed by atoms with van der Waals surface area (Å²) in [5, 5.41) is 0. The molecule has 0 aromatic carbocycles. The lowest BCUT2D eigenvalue weighted by Crippen LogP contribution is -1.82. The molecular weight excluding hydrogens is 1190 g/mol. The number of thioether (sulfide) groups is 24. The van der Waals surface area contributed by atoms with Crippen molar-refractivity contribution in [2.24, 2.45) is 0 Å². The molecule has 10 heterocycles. The topological polar surface area (TPSA) is 13.1 Å². The second-order valence-corrected chi connectivity index (χ2v) is 39.9. The first-order chi connectivity index (χ1) is 28.8. The first kappa shape index (κ1) is 47.2. The Labute approximate surface area is 447 Å². The standard InChI is InChI=1S/C34H22OS24/c1-36-17-18(37-2)49-29(48-17)32-54-23-24(55-32)43-14(42-23)9-11-7-8-13(35-11)12(16-46-27-28(47-16)59-34(58-27)31-52-21(40-5)22(41-6)53-31)10-15-44-25-26(45-15)57-33(56-25)30-50-19(38-3)20(39-4)51-30/h7-10H,1-6H3. The van der Waals surface area contributed by atoms with E-state index in [4.69, 9.17) is 4.42 Å². The Bertz CT molecular complexity index is 2340. The van der Waals surface area contributed by atoms with Crippen LogP contribution in [-0.2, 0) is 0 Å². The fraction of sp³-hybridized carbons (Fsp3) is 0.176. The molecule has 0 bridgehead atoms. The van der Waals surface area contributed by atoms with Gasteiger partial charge in [-0.05, 0) is 55.7 Å². The van der Waals surface area contributed by atoms with Crippen molar-refractivity contribution in [1.29, 1.82) is 0 Å². The summed E-state index contributed by atoms with van der Waals surface area (Å²) in [5.41, 5.74) is 1.18. The Kier molecular flexibility index (Phi) is 17.0. The van der Waals surface area contributed by atoms with Gasteiger partial charge in [-0.2, -0.15) is 0 Å². The first-order valence-electron chi connectivity index (χ1n) is 16.2. The summed E-state index contributed by atoms with van der Waals surface area (Å²) in [6.07, 6.45) is 17.8. The Morgan fingerprint density at radius 3 is 1.03 bits per heavy atom. The average molecular weight is 1220 g/mol. The van der Waals surface area contributed by atoms with E-state index in [-0.39, 0.29) is 0 Å². The van der Waals surface area contributed by atoms with Crippen LogP contribution in [0.1, 0.15) is 11.5 Å². The molecule has 0 atom stereocenters. The van der Waals surface area contributed by atoms with E-state index in [9.17, 15) is 0 Å². The molecule has 308 valence electrons. The smallest absolute Gasteiger partial charge is 0.136 e. The first-order valence-corrected chi connectivity index (χ1v) is 38.3. The van der Waals surface area contributed by atoms with Crippen LogP contribution in [0, 0.1) is 0 Å². The minimum absolute atomic E-state index is 0.909. The molecule has 9 aliphatic rings. The van der Waals surface area contributed by atoms with Crippen molar-refractivity contribution in [1.82, 2.24) is 0 Å². The summed E-state index contributed by atoms with van der Waals surface area (Å²) >= 11 is 46.0. The van der Waals surface area contributed by atoms with Gasteiger partial charge in [-0.15, -0.1) is 70.6 Å². The van der Waals surface area contributed by atoms with Crippen LogP contribution < -0.4 is 0 Å². The maximum atomic E-state index is 6.78. The minimum Gasteiger partial charge on any atom is -0.457 e. The Hall–Kier alpha value is 4.56. The van der Waals surface area contributed by atoms with Crippen molar-refractivity contribution in [3.63, 3.8) is 0 Å². The van der Waals surface area contributed by atoms with E-state index in [1.54, 1.807) is 0 Å². The van der Waals surface area contributed by atoms with E-state index in [0.29, 0.717) is 0 Å². The lowest BCUT2D eigenvalue weighted by Gasteiger charge is -2.10. The van der Waals surface area contributed by atoms with E-state index in [1.165, 1.54) is 94.6 Å². The molecular formula is C34H22OS24. The number of hydrogen-bond donors (Lipinski definition) is 0. The molecule has 0 aliphatic carbocycles. The Morgan fingerprint density at radius 2 is 0.678 bits per heavy atom. The van der Waals surface area contributed by atoms with Gasteiger partial charge in [0.25, 0.3) is 0 Å². The third-order valence-corrected chi connectivity index (χ3v) is 41.5. The predicted octanol–water partition coefficient (Wildman–Crippen LogP) is 21.7. The van der Waals surface area contributed by atoms with Gasteiger partial charge in [0.15, 0.2) is 0 Å². The number of furan rings is 1. The average Bonchev–Trinajstić information content (AvgIpc) is 4.08. The van der Waals surface area contributed by atoms with E-state index in [2.05, 4.69) is 61.8 Å². The molecule has 0 spiro atoms. The number of allylic oxidation sites excluding steroid dienone is 2. The van der Waals surface area contributed by atoms with Gasteiger partial charge in [-0.3, -0.25) is 0 Å². The van der Waals surface area contributed by atoms with Crippen molar-refractivity contribution in [3.8, 4) is 0 Å². The van der Waals surface area contributed by atoms with Crippen molar-refractivity contribution in [2.75, 3.05) is 37.5 Å². The van der Waals surface area contributed by atoms with Gasteiger partial charge in [0.2, 0.25) is 0 Å². The highest BCUT2D eigenvalue weighted by Crippen LogP contribution is 2.74. The third-order valence-electron chi connectivity index (χ3n) is 7.62. The third kappa shape index (κ3) is 10.3. The van der Waals surface area contributed by atoms with E-state index in [1.807, 2.05) is 282 Å². The van der Waals surface area contributed by atoms with Crippen LogP contribution >= 0.6 is 282 Å². The normalized spacial score (nSPS) is 23.3. The Morgan fingerprint density at radius 1 is 0.373 bits per heavy atom. The molecule has 10 rings (SSSR count). The summed E-state index contributed by atoms with van der Waals surface area (Å²) in [4.78, 5) is 0. The fourth-order valence-electron chi connectivity index (χ4n) is 5.12. The van der Waals surface area contributed by atoms with Crippen molar-refractivity contribution in [3.05, 3.63) is 119 Å². The lowest BCUT2D eigenvalue weighted by molar-refractivity contribution is 0.544. The van der Waals surface area contributed by atoms with Gasteiger partial charge in [0.1, 0.15) is 11.5 Å². The molecule has 1 aromatic rings. The van der Waals surface area contributed by atoms with E-state index in [0.717, 1.165) is 11.5 Å². The SMILES string of the molecule is CSC1=C(SC)SC(=C2SC3=C(SC(=CC(=C4SC5=C(SC(=C6SC(SC)=C(SC)S6)S5)S4)c4ccc(C=C5SC6=C(S5)SC(=C5SC(SC)=C(SC)S5)S6)o4)S3)S2)S1. The van der Waals surface area contributed by atoms with E-state index < -0.39 is 0 Å². The quantitative estimate of drug-likeness (QED) is 0.233. The molecule has 0 saturated heterocycles. The molecule has 1 aromatic heterocycles. The molecule has 9 aliphatic heterocycles. The predicted molar refractivity (Wildman–Crippen MR) is 323 cm³/mol. The van der Waals surface area contributed by atoms with Gasteiger partial charge in [-0.25, -0.2) is 0 Å². The van der Waals surface area contributed by atoms with Crippen LogP contribution in [0.25, 0.3) is 11.6 Å². The highest BCUT2D eigenvalue weighted by molar-refractivity contribution is 8.52. The lowest BCUT2D eigenvalue weighted by atomic mass is 10.2. The van der Waals surface area contributed by atoms with Crippen molar-refractivity contribution < 1.29 is 4.42 Å². The van der Waals surface area contributed by atoms with Gasteiger partial charge in [-0.1, -0.05) is 212 Å². The molecule has 0 saturated carbocycles. The monoisotopic (exact) mass is 1210 g/mol. The van der Waals surface area contributed by atoms with Gasteiger partial charge >= 0.3 is 0 Å². The molecule has 1 nitrogen and oxygen atoms in total. The van der Waals surface area contributed by atoms with Gasteiger partial charge < -0.3 is 4.42 Å². The van der Waals surface area contributed by atoms with Crippen LogP contribution in [0.5, 0.6) is 0 Å². The number of rotatable bonds is 9. The van der Waals surface area contributed by atoms with Gasteiger partial charge in [0.05, 0.1) is 89.0 Å². The van der Waals surface area contributed by atoms with Crippen LogP contribution in [0.15, 0.2) is 112 Å². The maximum Gasteiger partial charge on any atom is 0.136 e. The van der Waals surface area contributed by atoms with Crippen LogP contribution in [-0.4, -0.2) is 37.5 Å². The fourth-order valence-corrected chi connectivity index (χ4v) is 39.9. The zero-order valence-electron chi connectivity index (χ0n) is 30.5. The van der Waals surface area contributed by atoms with Crippen LogP contribution in [0.2, 0.25) is 0 Å². The van der Waals surface area contributed by atoms with Crippen molar-refractivity contribution in [2.45, 2.75) is 0 Å². The second kappa shape index (κ2) is 21.3. The number of hydrogen-bond acceptors (Lipinski definition) is 25.